The van der Waals surface area contributed by atoms with Crippen LogP contribution in [-0.4, -0.2) is 22.3 Å². The summed E-state index contributed by atoms with van der Waals surface area (Å²) in [5.74, 6) is -0.0834. The van der Waals surface area contributed by atoms with Crippen molar-refractivity contribution in [3.63, 3.8) is 0 Å². The predicted octanol–water partition coefficient (Wildman–Crippen LogP) is 1.86. The van der Waals surface area contributed by atoms with Crippen molar-refractivity contribution in [2.45, 2.75) is 32.2 Å². The number of nitrogens with zero attached hydrogens (tertiary/aromatic N) is 1. The summed E-state index contributed by atoms with van der Waals surface area (Å²) in [6.07, 6.45) is -1.49. The Bertz CT molecular complexity index is 500. The van der Waals surface area contributed by atoms with Gasteiger partial charge in [0.25, 0.3) is 0 Å². The van der Waals surface area contributed by atoms with E-state index in [4.69, 9.17) is 16.9 Å². The molecule has 2 N–H and O–H groups in total. The first-order chi connectivity index (χ1) is 10.1. The van der Waals surface area contributed by atoms with Crippen molar-refractivity contribution < 1.29 is 22.0 Å². The zero-order valence-electron chi connectivity index (χ0n) is 16.0. The maximum absolute atomic E-state index is 9.93. The van der Waals surface area contributed by atoms with Gasteiger partial charge in [-0.3, -0.25) is 0 Å². The molecule has 4 nitrogen and oxygen atoms in total. The zero-order valence-corrected chi connectivity index (χ0v) is 8.63. The van der Waals surface area contributed by atoms with E-state index in [9.17, 15) is 5.11 Å². The Morgan fingerprint density at radius 1 is 1.79 bits per heavy atom. The molecule has 0 bridgehead atoms. The highest BCUT2D eigenvalue weighted by Crippen LogP contribution is 2.17. The van der Waals surface area contributed by atoms with Gasteiger partial charge in [0.15, 0.2) is 5.76 Å². The second-order valence-corrected chi connectivity index (χ2v) is 3.51. The third kappa shape index (κ3) is 3.77. The summed E-state index contributed by atoms with van der Waals surface area (Å²) in [5, 5.41) is 15.4. The Labute approximate surface area is 104 Å². The molecule has 1 atom stereocenters. The molecule has 14 heavy (non-hydrogen) atoms. The molecule has 1 aromatic heterocycles. The predicted molar refractivity (Wildman–Crippen MR) is 56.9 cm³/mol. The highest BCUT2D eigenvalue weighted by atomic mass is 79.9. The summed E-state index contributed by atoms with van der Waals surface area (Å²) in [6, 6.07) is 1.29. The molecular weight excluding hydrogens is 248 g/mol. The average Bonchev–Trinajstić information content (AvgIpc) is 2.70. The van der Waals surface area contributed by atoms with Crippen LogP contribution in [0.1, 0.15) is 44.8 Å². The van der Waals surface area contributed by atoms with Gasteiger partial charge in [-0.15, -0.1) is 0 Å². The molecule has 0 aliphatic carbocycles. The van der Waals surface area contributed by atoms with Gasteiger partial charge in [-0.25, -0.2) is 0 Å². The largest absolute Gasteiger partial charge is 0.384 e. The van der Waals surface area contributed by atoms with Crippen LogP contribution in [0.2, 0.25) is 0 Å². The lowest BCUT2D eigenvalue weighted by atomic mass is 10.1. The highest BCUT2D eigenvalue weighted by Gasteiger charge is 2.16. The highest BCUT2D eigenvalue weighted by molar-refractivity contribution is 9.10. The maximum atomic E-state index is 9.93. The summed E-state index contributed by atoms with van der Waals surface area (Å²) >= 11 is 2.98. The number of hydrogen-bond acceptors (Lipinski definition) is 4. The summed E-state index contributed by atoms with van der Waals surface area (Å²) < 4.78 is 71.8. The lowest BCUT2D eigenvalue weighted by molar-refractivity contribution is 0.129. The quantitative estimate of drug-likeness (QED) is 0.881. The van der Waals surface area contributed by atoms with Crippen LogP contribution in [0.5, 0.6) is 0 Å². The first-order valence-electron chi connectivity index (χ1n) is 8.19. The molecule has 0 aromatic carbocycles. The second-order valence-electron chi connectivity index (χ2n) is 2.70. The maximum Gasteiger partial charge on any atom is 0.167 e. The molecule has 1 rings (SSSR count). The summed E-state index contributed by atoms with van der Waals surface area (Å²) in [4.78, 5) is 0. The van der Waals surface area contributed by atoms with Crippen molar-refractivity contribution >= 4 is 15.9 Å². The van der Waals surface area contributed by atoms with Gasteiger partial charge in [-0.1, -0.05) is 5.16 Å². The third-order valence-corrected chi connectivity index (χ3v) is 1.76. The van der Waals surface area contributed by atoms with Crippen LogP contribution in [0.3, 0.4) is 0 Å². The topological polar surface area (TPSA) is 58.3 Å². The molecule has 0 saturated carbocycles. The minimum absolute atomic E-state index is 0.0834. The van der Waals surface area contributed by atoms with Crippen LogP contribution in [0, 0.1) is 0 Å². The summed E-state index contributed by atoms with van der Waals surface area (Å²) in [5.41, 5.74) is -3.20. The molecule has 5 heteroatoms. The van der Waals surface area contributed by atoms with Crippen LogP contribution >= 0.6 is 15.9 Å². The van der Waals surface area contributed by atoms with Crippen LogP contribution in [0.4, 0.5) is 0 Å². The van der Waals surface area contributed by atoms with E-state index >= 15 is 0 Å². The van der Waals surface area contributed by atoms with Gasteiger partial charge in [0.05, 0.1) is 0 Å². The fraction of sp³-hybridized carbons (Fsp3) is 0.667. The Balaban J connectivity index is 3.17. The minimum atomic E-state index is -3.38. The molecule has 1 heterocycles. The molecule has 0 saturated heterocycles. The van der Waals surface area contributed by atoms with Gasteiger partial charge in [-0.05, 0) is 36.5 Å². The molecule has 0 radical (unpaired) electrons. The molecule has 0 aliphatic heterocycles. The fourth-order valence-corrected chi connectivity index (χ4v) is 1.07. The van der Waals surface area contributed by atoms with E-state index in [0.29, 0.717) is 0 Å². The van der Waals surface area contributed by atoms with Crippen molar-refractivity contribution in [1.82, 2.24) is 10.5 Å². The van der Waals surface area contributed by atoms with Gasteiger partial charge in [0, 0.05) is 30.5 Å². The van der Waals surface area contributed by atoms with E-state index in [2.05, 4.69) is 21.1 Å². The van der Waals surface area contributed by atoms with Gasteiger partial charge in [0.2, 0.25) is 0 Å². The molecule has 0 spiro atoms. The number of aliphatic hydroxyl groups excluding tert-OH is 1. The Morgan fingerprint density at radius 2 is 2.50 bits per heavy atom. The standard InChI is InChI=1S/C9H15BrN2O2/c1-9(2,3)11-5-6(13)7-4-8(10)12-14-7/h4,6,11,13H,5H2,1-3H3/i1D3,2D3,3D3. The Morgan fingerprint density at radius 3 is 3.00 bits per heavy atom. The van der Waals surface area contributed by atoms with E-state index in [0.717, 1.165) is 0 Å². The number of aliphatic hydroxyl groups is 1. The van der Waals surface area contributed by atoms with Crippen molar-refractivity contribution in [1.29, 1.82) is 0 Å². The number of rotatable bonds is 3. The summed E-state index contributed by atoms with van der Waals surface area (Å²) in [7, 11) is 0. The van der Waals surface area contributed by atoms with E-state index in [1.165, 1.54) is 6.07 Å². The molecule has 80 valence electrons. The summed E-state index contributed by atoms with van der Waals surface area (Å²) in [6.45, 7) is -10.8. The minimum Gasteiger partial charge on any atom is -0.384 e. The third-order valence-electron chi connectivity index (χ3n) is 1.39. The van der Waals surface area contributed by atoms with Crippen LogP contribution in [0.25, 0.3) is 0 Å². The number of β-amino-alcohol motifs (C(OH)–C–C–N with tert-alkyl or cyclic N) is 1. The lowest BCUT2D eigenvalue weighted by Gasteiger charge is -2.21. The number of halogens is 1. The molecule has 0 amide bonds. The number of hydrogen-bond donors (Lipinski definition) is 2. The normalized spacial score (nSPS) is 26.6. The number of nitrogens with one attached hydrogen (secondary N) is 1. The van der Waals surface area contributed by atoms with Crippen LogP contribution < -0.4 is 5.32 Å². The first kappa shape index (κ1) is 4.23. The van der Waals surface area contributed by atoms with Crippen LogP contribution in [0.15, 0.2) is 15.2 Å². The zero-order chi connectivity index (χ0) is 18.3. The molecular formula is C9H15BrN2O2. The van der Waals surface area contributed by atoms with Crippen molar-refractivity contribution in [3.05, 3.63) is 16.4 Å². The van der Waals surface area contributed by atoms with Gasteiger partial charge < -0.3 is 14.9 Å². The second kappa shape index (κ2) is 4.42. The Hall–Kier alpha value is -0.390. The molecule has 0 aliphatic rings. The van der Waals surface area contributed by atoms with Gasteiger partial charge in [-0.2, -0.15) is 0 Å². The van der Waals surface area contributed by atoms with E-state index in [-0.39, 0.29) is 10.4 Å². The van der Waals surface area contributed by atoms with E-state index in [1.54, 1.807) is 0 Å². The molecule has 1 unspecified atom stereocenters. The smallest absolute Gasteiger partial charge is 0.167 e. The van der Waals surface area contributed by atoms with Gasteiger partial charge in [0.1, 0.15) is 10.7 Å². The lowest BCUT2D eigenvalue weighted by Crippen LogP contribution is -2.38. The van der Waals surface area contributed by atoms with E-state index in [1.807, 2.05) is 5.32 Å². The van der Waals surface area contributed by atoms with Crippen LogP contribution in [-0.2, 0) is 0 Å². The molecule has 1 aromatic rings. The van der Waals surface area contributed by atoms with Crippen molar-refractivity contribution in [2.24, 2.45) is 0 Å². The van der Waals surface area contributed by atoms with Crippen molar-refractivity contribution in [2.75, 3.05) is 6.54 Å². The SMILES string of the molecule is [2H]C([2H])([2H])C(NCC(O)c1cc(Br)no1)(C([2H])([2H])[2H])C([2H])([2H])[2H]. The first-order valence-corrected chi connectivity index (χ1v) is 4.48. The average molecular weight is 272 g/mol. The van der Waals surface area contributed by atoms with E-state index < -0.39 is 38.7 Å². The Kier molecular flexibility index (Phi) is 1.34. The molecule has 0 fully saturated rings. The van der Waals surface area contributed by atoms with Crippen molar-refractivity contribution in [3.8, 4) is 0 Å². The van der Waals surface area contributed by atoms with Gasteiger partial charge >= 0.3 is 0 Å². The fourth-order valence-electron chi connectivity index (χ4n) is 0.774. The monoisotopic (exact) mass is 271 g/mol. The number of aromatic nitrogens is 1.